The van der Waals surface area contributed by atoms with Gasteiger partial charge in [0, 0.05) is 43.8 Å². The summed E-state index contributed by atoms with van der Waals surface area (Å²) in [5.41, 5.74) is 2.70. The van der Waals surface area contributed by atoms with E-state index in [1.807, 2.05) is 12.1 Å². The van der Waals surface area contributed by atoms with Crippen LogP contribution in [0.4, 0.5) is 0 Å². The fraction of sp³-hybridized carbons (Fsp3) is 0.235. The van der Waals surface area contributed by atoms with Crippen molar-refractivity contribution in [3.63, 3.8) is 0 Å². The van der Waals surface area contributed by atoms with Crippen LogP contribution in [0.5, 0.6) is 0 Å². The van der Waals surface area contributed by atoms with E-state index in [0.717, 1.165) is 12.0 Å². The molecule has 0 saturated heterocycles. The standard InChI is InChI=1S/C17H17N3O3/c1-22-10-2-7-19-16(21)13-3-4-14-15(11-13)23-17(20-14)12-5-8-18-9-6-12/h3-6,8-9,11H,2,7,10H2,1H3,(H,19,21). The summed E-state index contributed by atoms with van der Waals surface area (Å²) in [4.78, 5) is 20.5. The molecule has 1 amide bonds. The quantitative estimate of drug-likeness (QED) is 0.708. The number of hydrogen-bond acceptors (Lipinski definition) is 5. The predicted octanol–water partition coefficient (Wildman–Crippen LogP) is 2.66. The van der Waals surface area contributed by atoms with Gasteiger partial charge in [-0.2, -0.15) is 0 Å². The lowest BCUT2D eigenvalue weighted by Crippen LogP contribution is -2.25. The molecule has 0 unspecified atom stereocenters. The normalized spacial score (nSPS) is 10.8. The van der Waals surface area contributed by atoms with Crippen molar-refractivity contribution in [3.8, 4) is 11.5 Å². The van der Waals surface area contributed by atoms with Gasteiger partial charge >= 0.3 is 0 Å². The van der Waals surface area contributed by atoms with Crippen LogP contribution >= 0.6 is 0 Å². The Labute approximate surface area is 133 Å². The number of amides is 1. The molecule has 23 heavy (non-hydrogen) atoms. The monoisotopic (exact) mass is 311 g/mol. The molecule has 0 aliphatic rings. The van der Waals surface area contributed by atoms with Crippen molar-refractivity contribution < 1.29 is 13.9 Å². The van der Waals surface area contributed by atoms with Crippen LogP contribution in [0.2, 0.25) is 0 Å². The zero-order valence-corrected chi connectivity index (χ0v) is 12.8. The molecule has 0 radical (unpaired) electrons. The van der Waals surface area contributed by atoms with E-state index in [2.05, 4.69) is 15.3 Å². The van der Waals surface area contributed by atoms with Gasteiger partial charge in [-0.1, -0.05) is 0 Å². The third-order valence-electron chi connectivity index (χ3n) is 3.39. The number of ether oxygens (including phenoxy) is 1. The minimum Gasteiger partial charge on any atom is -0.436 e. The van der Waals surface area contributed by atoms with Crippen molar-refractivity contribution in [2.45, 2.75) is 6.42 Å². The van der Waals surface area contributed by atoms with Crippen LogP contribution in [0.15, 0.2) is 47.1 Å². The number of oxazole rings is 1. The number of nitrogens with one attached hydrogen (secondary N) is 1. The first kappa shape index (κ1) is 15.2. The summed E-state index contributed by atoms with van der Waals surface area (Å²) < 4.78 is 10.7. The van der Waals surface area contributed by atoms with Gasteiger partial charge in [0.15, 0.2) is 5.58 Å². The second kappa shape index (κ2) is 7.02. The fourth-order valence-corrected chi connectivity index (χ4v) is 2.20. The number of aromatic nitrogens is 2. The van der Waals surface area contributed by atoms with Gasteiger partial charge in [-0.3, -0.25) is 9.78 Å². The van der Waals surface area contributed by atoms with E-state index in [1.54, 1.807) is 37.7 Å². The average Bonchev–Trinajstić information content (AvgIpc) is 3.02. The number of rotatable bonds is 6. The highest BCUT2D eigenvalue weighted by Crippen LogP contribution is 2.24. The van der Waals surface area contributed by atoms with Crippen molar-refractivity contribution in [2.24, 2.45) is 0 Å². The molecule has 0 fully saturated rings. The zero-order valence-electron chi connectivity index (χ0n) is 12.8. The summed E-state index contributed by atoms with van der Waals surface area (Å²) in [6.07, 6.45) is 4.14. The number of methoxy groups -OCH3 is 1. The second-order valence-corrected chi connectivity index (χ2v) is 5.04. The maximum absolute atomic E-state index is 12.1. The van der Waals surface area contributed by atoms with Crippen molar-refractivity contribution >= 4 is 17.0 Å². The molecule has 0 aliphatic carbocycles. The van der Waals surface area contributed by atoms with Crippen LogP contribution < -0.4 is 5.32 Å². The summed E-state index contributed by atoms with van der Waals surface area (Å²) in [6, 6.07) is 8.89. The highest BCUT2D eigenvalue weighted by molar-refractivity contribution is 5.97. The molecule has 0 bridgehead atoms. The number of carbonyl (C=O) groups is 1. The van der Waals surface area contributed by atoms with Crippen molar-refractivity contribution in [3.05, 3.63) is 48.3 Å². The van der Waals surface area contributed by atoms with E-state index in [4.69, 9.17) is 9.15 Å². The lowest BCUT2D eigenvalue weighted by molar-refractivity contribution is 0.0948. The molecule has 0 aliphatic heterocycles. The summed E-state index contributed by atoms with van der Waals surface area (Å²) in [5.74, 6) is 0.380. The van der Waals surface area contributed by atoms with Gasteiger partial charge < -0.3 is 14.5 Å². The van der Waals surface area contributed by atoms with Crippen molar-refractivity contribution in [2.75, 3.05) is 20.3 Å². The first-order chi connectivity index (χ1) is 11.3. The van der Waals surface area contributed by atoms with Crippen LogP contribution in [0, 0.1) is 0 Å². The van der Waals surface area contributed by atoms with Crippen LogP contribution in [0.25, 0.3) is 22.6 Å². The molecule has 2 aromatic heterocycles. The summed E-state index contributed by atoms with van der Waals surface area (Å²) in [5, 5.41) is 2.85. The molecule has 6 heteroatoms. The molecule has 1 N–H and O–H groups in total. The Bertz CT molecular complexity index is 799. The first-order valence-electron chi connectivity index (χ1n) is 7.36. The molecule has 6 nitrogen and oxygen atoms in total. The summed E-state index contributed by atoms with van der Waals surface area (Å²) in [7, 11) is 1.64. The average molecular weight is 311 g/mol. The molecule has 118 valence electrons. The molecular formula is C17H17N3O3. The molecule has 3 rings (SSSR count). The SMILES string of the molecule is COCCCNC(=O)c1ccc2nc(-c3ccncc3)oc2c1. The second-order valence-electron chi connectivity index (χ2n) is 5.04. The number of pyridine rings is 1. The lowest BCUT2D eigenvalue weighted by Gasteiger charge is -2.04. The number of benzene rings is 1. The van der Waals surface area contributed by atoms with Gasteiger partial charge in [0.2, 0.25) is 5.89 Å². The van der Waals surface area contributed by atoms with Gasteiger partial charge in [-0.05, 0) is 36.8 Å². The van der Waals surface area contributed by atoms with Crippen molar-refractivity contribution in [1.82, 2.24) is 15.3 Å². The fourth-order valence-electron chi connectivity index (χ4n) is 2.20. The maximum atomic E-state index is 12.1. The Morgan fingerprint density at radius 3 is 2.87 bits per heavy atom. The van der Waals surface area contributed by atoms with E-state index in [9.17, 15) is 4.79 Å². The molecular weight excluding hydrogens is 294 g/mol. The number of fused-ring (bicyclic) bond motifs is 1. The maximum Gasteiger partial charge on any atom is 0.251 e. The minimum absolute atomic E-state index is 0.134. The highest BCUT2D eigenvalue weighted by atomic mass is 16.5. The lowest BCUT2D eigenvalue weighted by atomic mass is 10.2. The first-order valence-corrected chi connectivity index (χ1v) is 7.36. The van der Waals surface area contributed by atoms with Crippen LogP contribution in [0.1, 0.15) is 16.8 Å². The predicted molar refractivity (Wildman–Crippen MR) is 86.1 cm³/mol. The smallest absolute Gasteiger partial charge is 0.251 e. The van der Waals surface area contributed by atoms with Gasteiger partial charge in [-0.25, -0.2) is 4.98 Å². The Hall–Kier alpha value is -2.73. The number of hydrogen-bond donors (Lipinski definition) is 1. The Morgan fingerprint density at radius 2 is 2.09 bits per heavy atom. The molecule has 0 spiro atoms. The third-order valence-corrected chi connectivity index (χ3v) is 3.39. The topological polar surface area (TPSA) is 77.2 Å². The Morgan fingerprint density at radius 1 is 1.26 bits per heavy atom. The molecule has 1 aromatic carbocycles. The van der Waals surface area contributed by atoms with Gasteiger partial charge in [-0.15, -0.1) is 0 Å². The Balaban J connectivity index is 1.78. The number of nitrogens with zero attached hydrogens (tertiary/aromatic N) is 2. The van der Waals surface area contributed by atoms with Gasteiger partial charge in [0.1, 0.15) is 5.52 Å². The van der Waals surface area contributed by atoms with E-state index in [0.29, 0.717) is 35.7 Å². The molecule has 0 atom stereocenters. The van der Waals surface area contributed by atoms with E-state index < -0.39 is 0 Å². The molecule has 2 heterocycles. The van der Waals surface area contributed by atoms with Crippen LogP contribution in [-0.2, 0) is 4.74 Å². The summed E-state index contributed by atoms with van der Waals surface area (Å²) >= 11 is 0. The number of carbonyl (C=O) groups excluding carboxylic acids is 1. The van der Waals surface area contributed by atoms with Crippen LogP contribution in [0.3, 0.4) is 0 Å². The van der Waals surface area contributed by atoms with Gasteiger partial charge in [0.25, 0.3) is 5.91 Å². The van der Waals surface area contributed by atoms with Crippen molar-refractivity contribution in [1.29, 1.82) is 0 Å². The van der Waals surface area contributed by atoms with Gasteiger partial charge in [0.05, 0.1) is 0 Å². The van der Waals surface area contributed by atoms with Crippen LogP contribution in [-0.4, -0.2) is 36.1 Å². The third kappa shape index (κ3) is 3.54. The largest absolute Gasteiger partial charge is 0.436 e. The molecule has 0 saturated carbocycles. The van der Waals surface area contributed by atoms with E-state index in [1.165, 1.54) is 0 Å². The highest BCUT2D eigenvalue weighted by Gasteiger charge is 2.11. The molecule has 3 aromatic rings. The minimum atomic E-state index is -0.134. The Kier molecular flexibility index (Phi) is 4.63. The summed E-state index contributed by atoms with van der Waals surface area (Å²) in [6.45, 7) is 1.19. The van der Waals surface area contributed by atoms with E-state index in [-0.39, 0.29) is 5.91 Å². The zero-order chi connectivity index (χ0) is 16.1. The van der Waals surface area contributed by atoms with E-state index >= 15 is 0 Å².